The summed E-state index contributed by atoms with van der Waals surface area (Å²) in [4.78, 5) is 23.1. The molecule has 0 unspecified atom stereocenters. The zero-order chi connectivity index (χ0) is 14.4. The maximum absolute atomic E-state index is 11.8. The van der Waals surface area contributed by atoms with Crippen LogP contribution < -0.4 is 0 Å². The molecule has 2 rings (SSSR count). The zero-order valence-corrected chi connectivity index (χ0v) is 10.9. The highest BCUT2D eigenvalue weighted by Gasteiger charge is 2.11. The second-order valence-electron chi connectivity index (χ2n) is 3.83. The van der Waals surface area contributed by atoms with Gasteiger partial charge in [0.1, 0.15) is 0 Å². The molecule has 2 aromatic rings. The fourth-order valence-corrected chi connectivity index (χ4v) is 1.50. The van der Waals surface area contributed by atoms with E-state index in [-0.39, 0.29) is 23.9 Å². The van der Waals surface area contributed by atoms with E-state index in [1.165, 1.54) is 12.1 Å². The molecule has 20 heavy (non-hydrogen) atoms. The summed E-state index contributed by atoms with van der Waals surface area (Å²) in [6.45, 7) is 1.98. The van der Waals surface area contributed by atoms with Crippen LogP contribution in [-0.2, 0) is 4.74 Å². The maximum atomic E-state index is 11.8. The monoisotopic (exact) mass is 268 g/mol. The molecule has 0 aliphatic heterocycles. The van der Waals surface area contributed by atoms with Crippen LogP contribution in [0.5, 0.6) is 0 Å². The number of carbonyl (C=O) groups is 2. The lowest BCUT2D eigenvalue weighted by molar-refractivity contribution is 0.0489. The van der Waals surface area contributed by atoms with Gasteiger partial charge in [-0.15, -0.1) is 0 Å². The van der Waals surface area contributed by atoms with E-state index >= 15 is 0 Å². The highest BCUT2D eigenvalue weighted by Crippen LogP contribution is 2.08. The Morgan fingerprint density at radius 2 is 1.90 bits per heavy atom. The Balaban J connectivity index is 2.10. The van der Waals surface area contributed by atoms with Crippen molar-refractivity contribution in [3.8, 4) is 11.8 Å². The Bertz CT molecular complexity index is 671. The Kier molecular flexibility index (Phi) is 4.35. The fourth-order valence-electron chi connectivity index (χ4n) is 1.50. The van der Waals surface area contributed by atoms with Crippen molar-refractivity contribution in [2.45, 2.75) is 6.92 Å². The van der Waals surface area contributed by atoms with Crippen molar-refractivity contribution in [3.63, 3.8) is 0 Å². The maximum Gasteiger partial charge on any atom is 0.374 e. The van der Waals surface area contributed by atoms with E-state index in [1.807, 2.05) is 6.07 Å². The number of rotatable bonds is 3. The van der Waals surface area contributed by atoms with Gasteiger partial charge in [0.05, 0.1) is 6.61 Å². The molecule has 1 heterocycles. The highest BCUT2D eigenvalue weighted by atomic mass is 16.5. The number of carbonyl (C=O) groups excluding carboxylic acids is 2. The summed E-state index contributed by atoms with van der Waals surface area (Å²) >= 11 is 0. The smallest absolute Gasteiger partial charge is 0.374 e. The second kappa shape index (κ2) is 6.39. The molecule has 0 saturated heterocycles. The summed E-state index contributed by atoms with van der Waals surface area (Å²) < 4.78 is 9.97. The molecule has 0 N–H and O–H groups in total. The van der Waals surface area contributed by atoms with Gasteiger partial charge in [-0.25, -0.2) is 4.79 Å². The topological polar surface area (TPSA) is 56.5 Å². The van der Waals surface area contributed by atoms with E-state index in [4.69, 9.17) is 9.15 Å². The molecular formula is C16H12O4. The minimum atomic E-state index is -0.546. The van der Waals surface area contributed by atoms with E-state index in [0.29, 0.717) is 5.56 Å². The zero-order valence-electron chi connectivity index (χ0n) is 10.9. The van der Waals surface area contributed by atoms with Crippen LogP contribution in [0.1, 0.15) is 33.6 Å². The molecule has 0 aliphatic rings. The minimum Gasteiger partial charge on any atom is -0.460 e. The van der Waals surface area contributed by atoms with Gasteiger partial charge in [0, 0.05) is 5.56 Å². The summed E-state index contributed by atoms with van der Waals surface area (Å²) in [5.41, 5.74) is 0.511. The number of esters is 1. The average Bonchev–Trinajstić information content (AvgIpc) is 2.95. The first-order chi connectivity index (χ1) is 9.70. The number of ketones is 1. The normalized spacial score (nSPS) is 9.45. The predicted molar refractivity (Wildman–Crippen MR) is 72.3 cm³/mol. The first-order valence-electron chi connectivity index (χ1n) is 6.09. The van der Waals surface area contributed by atoms with Crippen molar-refractivity contribution in [1.29, 1.82) is 0 Å². The summed E-state index contributed by atoms with van der Waals surface area (Å²) in [6, 6.07) is 11.7. The number of hydrogen-bond acceptors (Lipinski definition) is 4. The number of benzene rings is 1. The number of Topliss-reactive ketones (excluding diaryl/α,β-unsaturated/α-hetero) is 1. The van der Waals surface area contributed by atoms with Crippen molar-refractivity contribution in [2.24, 2.45) is 0 Å². The van der Waals surface area contributed by atoms with Gasteiger partial charge >= 0.3 is 5.97 Å². The van der Waals surface area contributed by atoms with Crippen molar-refractivity contribution >= 4 is 11.8 Å². The van der Waals surface area contributed by atoms with E-state index in [9.17, 15) is 9.59 Å². The predicted octanol–water partition coefficient (Wildman–Crippen LogP) is 2.69. The summed E-state index contributed by atoms with van der Waals surface area (Å²) in [7, 11) is 0. The van der Waals surface area contributed by atoms with Crippen molar-refractivity contribution in [1.82, 2.24) is 0 Å². The van der Waals surface area contributed by atoms with Gasteiger partial charge in [0.2, 0.25) is 11.5 Å². The lowest BCUT2D eigenvalue weighted by Gasteiger charge is -1.95. The van der Waals surface area contributed by atoms with Crippen molar-refractivity contribution < 1.29 is 18.7 Å². The van der Waals surface area contributed by atoms with E-state index < -0.39 is 5.97 Å². The molecule has 100 valence electrons. The third kappa shape index (κ3) is 3.36. The molecule has 4 heteroatoms. The number of furan rings is 1. The Labute approximate surface area is 116 Å². The minimum absolute atomic E-state index is 0.0725. The lowest BCUT2D eigenvalue weighted by atomic mass is 10.1. The third-order valence-electron chi connectivity index (χ3n) is 2.42. The van der Waals surface area contributed by atoms with Gasteiger partial charge in [-0.2, -0.15) is 0 Å². The molecule has 0 radical (unpaired) electrons. The summed E-state index contributed by atoms with van der Waals surface area (Å²) in [5.74, 6) is 4.52. The molecule has 1 aromatic heterocycles. The first kappa shape index (κ1) is 13.6. The SMILES string of the molecule is CCOC(=O)c1ccc(C#CC(=O)c2ccccc2)o1. The van der Waals surface area contributed by atoms with Crippen LogP contribution in [0, 0.1) is 11.8 Å². The Morgan fingerprint density at radius 3 is 2.60 bits per heavy atom. The number of hydrogen-bond donors (Lipinski definition) is 0. The molecule has 0 saturated carbocycles. The average molecular weight is 268 g/mol. The quantitative estimate of drug-likeness (QED) is 0.488. The van der Waals surface area contributed by atoms with E-state index in [1.54, 1.807) is 31.2 Å². The molecule has 1 aromatic carbocycles. The van der Waals surface area contributed by atoms with Crippen LogP contribution in [0.2, 0.25) is 0 Å². The van der Waals surface area contributed by atoms with Crippen LogP contribution in [-0.4, -0.2) is 18.4 Å². The summed E-state index contributed by atoms with van der Waals surface area (Å²) in [5, 5.41) is 0. The molecule has 0 spiro atoms. The van der Waals surface area contributed by atoms with Gasteiger partial charge in [0.25, 0.3) is 0 Å². The van der Waals surface area contributed by atoms with Crippen LogP contribution in [0.4, 0.5) is 0 Å². The molecular weight excluding hydrogens is 256 g/mol. The second-order valence-corrected chi connectivity index (χ2v) is 3.83. The van der Waals surface area contributed by atoms with Crippen LogP contribution in [0.25, 0.3) is 0 Å². The standard InChI is InChI=1S/C16H12O4/c1-2-19-16(18)15-11-9-13(20-15)8-10-14(17)12-6-4-3-5-7-12/h3-7,9,11H,2H2,1H3. The van der Waals surface area contributed by atoms with E-state index in [2.05, 4.69) is 11.8 Å². The van der Waals surface area contributed by atoms with Crippen LogP contribution >= 0.6 is 0 Å². The highest BCUT2D eigenvalue weighted by molar-refractivity contribution is 6.09. The lowest BCUT2D eigenvalue weighted by Crippen LogP contribution is -2.02. The van der Waals surface area contributed by atoms with Gasteiger partial charge in [-0.05, 0) is 30.9 Å². The molecule has 0 bridgehead atoms. The molecule has 4 nitrogen and oxygen atoms in total. The van der Waals surface area contributed by atoms with Gasteiger partial charge < -0.3 is 9.15 Å². The van der Waals surface area contributed by atoms with Gasteiger partial charge in [0.15, 0.2) is 5.76 Å². The molecule has 0 atom stereocenters. The largest absolute Gasteiger partial charge is 0.460 e. The Morgan fingerprint density at radius 1 is 1.15 bits per heavy atom. The van der Waals surface area contributed by atoms with Gasteiger partial charge in [-0.3, -0.25) is 4.79 Å². The molecule has 0 fully saturated rings. The fraction of sp³-hybridized carbons (Fsp3) is 0.125. The van der Waals surface area contributed by atoms with Crippen molar-refractivity contribution in [3.05, 3.63) is 59.5 Å². The Hall–Kier alpha value is -2.80. The number of ether oxygens (including phenoxy) is 1. The third-order valence-corrected chi connectivity index (χ3v) is 2.42. The van der Waals surface area contributed by atoms with E-state index in [0.717, 1.165) is 0 Å². The van der Waals surface area contributed by atoms with Crippen LogP contribution in [0.3, 0.4) is 0 Å². The van der Waals surface area contributed by atoms with Crippen molar-refractivity contribution in [2.75, 3.05) is 6.61 Å². The summed E-state index contributed by atoms with van der Waals surface area (Å²) in [6.07, 6.45) is 0. The van der Waals surface area contributed by atoms with Gasteiger partial charge in [-0.1, -0.05) is 30.3 Å². The molecule has 0 amide bonds. The first-order valence-corrected chi connectivity index (χ1v) is 6.09. The molecule has 0 aliphatic carbocycles. The van der Waals surface area contributed by atoms with Crippen LogP contribution in [0.15, 0.2) is 46.9 Å².